The zero-order valence-corrected chi connectivity index (χ0v) is 16.7. The number of hydrogen-bond acceptors (Lipinski definition) is 5. The van der Waals surface area contributed by atoms with Gasteiger partial charge in [0.15, 0.2) is 5.82 Å². The van der Waals surface area contributed by atoms with Crippen LogP contribution in [0.3, 0.4) is 0 Å². The summed E-state index contributed by atoms with van der Waals surface area (Å²) in [7, 11) is 0. The van der Waals surface area contributed by atoms with Gasteiger partial charge in [-0.2, -0.15) is 4.68 Å². The van der Waals surface area contributed by atoms with Crippen molar-refractivity contribution >= 4 is 17.8 Å². The first-order valence-corrected chi connectivity index (χ1v) is 10.3. The lowest BCUT2D eigenvalue weighted by Crippen LogP contribution is -2.32. The van der Waals surface area contributed by atoms with Crippen molar-refractivity contribution in [3.8, 4) is 0 Å². The lowest BCUT2D eigenvalue weighted by molar-refractivity contribution is 0.0950. The van der Waals surface area contributed by atoms with Gasteiger partial charge in [-0.3, -0.25) is 14.8 Å². The molecule has 1 N–H and O–H groups in total. The van der Waals surface area contributed by atoms with Crippen LogP contribution in [0.2, 0.25) is 0 Å². The van der Waals surface area contributed by atoms with E-state index in [1.165, 1.54) is 17.2 Å². The zero-order chi connectivity index (χ0) is 20.6. The molecule has 1 saturated carbocycles. The third kappa shape index (κ3) is 2.96. The van der Waals surface area contributed by atoms with E-state index in [-0.39, 0.29) is 5.91 Å². The summed E-state index contributed by atoms with van der Waals surface area (Å²) in [5, 5.41) is 8.16. The van der Waals surface area contributed by atoms with E-state index >= 15 is 0 Å². The molecule has 0 amide bonds. The van der Waals surface area contributed by atoms with E-state index < -0.39 is 5.41 Å². The standard InChI is InChI=1S/C24H23N5O/c1-2-22(30)29-21-14-24(17-6-4-12-25-15-17,18-7-5-13-26-16-18)11-10-20(21)23(28-29)27-19-8-3-9-19/h2,4-7,10-13,15-16,19H,1,3,8-9,14H2,(H,27,28). The second-order valence-corrected chi connectivity index (χ2v) is 7.90. The van der Waals surface area contributed by atoms with Crippen molar-refractivity contribution in [3.63, 3.8) is 0 Å². The van der Waals surface area contributed by atoms with E-state index in [2.05, 4.69) is 51.2 Å². The van der Waals surface area contributed by atoms with Crippen LogP contribution >= 0.6 is 0 Å². The molecule has 30 heavy (non-hydrogen) atoms. The van der Waals surface area contributed by atoms with Gasteiger partial charge < -0.3 is 5.32 Å². The summed E-state index contributed by atoms with van der Waals surface area (Å²) in [5.74, 6) is 0.543. The average Bonchev–Trinajstić information content (AvgIpc) is 3.14. The molecule has 1 fully saturated rings. The fourth-order valence-electron chi connectivity index (χ4n) is 4.30. The van der Waals surface area contributed by atoms with Crippen LogP contribution in [0, 0.1) is 0 Å². The average molecular weight is 397 g/mol. The molecule has 150 valence electrons. The summed E-state index contributed by atoms with van der Waals surface area (Å²) < 4.78 is 1.49. The van der Waals surface area contributed by atoms with Gasteiger partial charge in [0.25, 0.3) is 5.91 Å². The molecule has 0 bridgehead atoms. The third-order valence-electron chi connectivity index (χ3n) is 6.19. The van der Waals surface area contributed by atoms with Crippen molar-refractivity contribution in [2.24, 2.45) is 0 Å². The van der Waals surface area contributed by atoms with Gasteiger partial charge in [-0.05, 0) is 48.6 Å². The quantitative estimate of drug-likeness (QED) is 0.659. The second-order valence-electron chi connectivity index (χ2n) is 7.90. The Kier molecular flexibility index (Phi) is 4.54. The highest BCUT2D eigenvalue weighted by Crippen LogP contribution is 2.43. The molecule has 0 aromatic carbocycles. The van der Waals surface area contributed by atoms with Crippen molar-refractivity contribution in [2.45, 2.75) is 37.1 Å². The van der Waals surface area contributed by atoms with Crippen LogP contribution in [0.25, 0.3) is 6.08 Å². The highest BCUT2D eigenvalue weighted by molar-refractivity contribution is 5.91. The number of nitrogens with zero attached hydrogens (tertiary/aromatic N) is 4. The van der Waals surface area contributed by atoms with Crippen LogP contribution in [0.4, 0.5) is 5.82 Å². The summed E-state index contributed by atoms with van der Waals surface area (Å²) in [6.07, 6.45) is 17.0. The van der Waals surface area contributed by atoms with Crippen LogP contribution in [-0.2, 0) is 11.8 Å². The SMILES string of the molecule is C=CC(=O)n1nc(NC2CCC2)c2c1CC(c1cccnc1)(c1cccnc1)C=C2. The maximum atomic E-state index is 12.7. The highest BCUT2D eigenvalue weighted by Gasteiger charge is 2.39. The minimum absolute atomic E-state index is 0.227. The Morgan fingerprint density at radius 3 is 2.40 bits per heavy atom. The monoisotopic (exact) mass is 397 g/mol. The number of hydrogen-bond donors (Lipinski definition) is 1. The molecule has 0 spiro atoms. The lowest BCUT2D eigenvalue weighted by atomic mass is 9.69. The third-order valence-corrected chi connectivity index (χ3v) is 6.19. The number of rotatable bonds is 5. The summed E-state index contributed by atoms with van der Waals surface area (Å²) in [4.78, 5) is 21.4. The topological polar surface area (TPSA) is 72.7 Å². The van der Waals surface area contributed by atoms with Crippen molar-refractivity contribution in [1.29, 1.82) is 0 Å². The molecule has 0 saturated heterocycles. The Labute approximate surface area is 175 Å². The Bertz CT molecular complexity index is 1070. The molecule has 5 rings (SSSR count). The maximum absolute atomic E-state index is 12.7. The number of pyridine rings is 2. The van der Waals surface area contributed by atoms with Crippen LogP contribution in [-0.4, -0.2) is 31.7 Å². The fraction of sp³-hybridized carbons (Fsp3) is 0.250. The van der Waals surface area contributed by atoms with E-state index in [9.17, 15) is 4.79 Å². The molecule has 6 nitrogen and oxygen atoms in total. The summed E-state index contributed by atoms with van der Waals surface area (Å²) in [6.45, 7) is 3.67. The van der Waals surface area contributed by atoms with Crippen molar-refractivity contribution in [1.82, 2.24) is 19.7 Å². The summed E-state index contributed by atoms with van der Waals surface area (Å²) in [5.41, 5.74) is 3.46. The first-order chi connectivity index (χ1) is 14.7. The molecule has 0 aliphatic heterocycles. The van der Waals surface area contributed by atoms with Crippen molar-refractivity contribution < 1.29 is 4.79 Å². The number of anilines is 1. The predicted octanol–water partition coefficient (Wildman–Crippen LogP) is 4.02. The van der Waals surface area contributed by atoms with Crippen LogP contribution in [0.5, 0.6) is 0 Å². The first kappa shape index (κ1) is 18.5. The normalized spacial score (nSPS) is 17.1. The van der Waals surface area contributed by atoms with Gasteiger partial charge in [-0.15, -0.1) is 5.10 Å². The Balaban J connectivity index is 1.66. The van der Waals surface area contributed by atoms with Gasteiger partial charge in [0, 0.05) is 48.2 Å². The van der Waals surface area contributed by atoms with Crippen LogP contribution < -0.4 is 5.32 Å². The molecule has 0 radical (unpaired) electrons. The minimum Gasteiger partial charge on any atom is -0.365 e. The number of carbonyl (C=O) groups excluding carboxylic acids is 1. The number of nitrogens with one attached hydrogen (secondary N) is 1. The lowest BCUT2D eigenvalue weighted by Gasteiger charge is -2.34. The molecule has 0 unspecified atom stereocenters. The zero-order valence-electron chi connectivity index (χ0n) is 16.7. The Morgan fingerprint density at radius 2 is 1.87 bits per heavy atom. The van der Waals surface area contributed by atoms with Gasteiger partial charge in [-0.1, -0.05) is 30.9 Å². The fourth-order valence-corrected chi connectivity index (χ4v) is 4.30. The largest absolute Gasteiger partial charge is 0.365 e. The van der Waals surface area contributed by atoms with Gasteiger partial charge in [0.1, 0.15) is 0 Å². The van der Waals surface area contributed by atoms with E-state index in [4.69, 9.17) is 0 Å². The van der Waals surface area contributed by atoms with Gasteiger partial charge in [-0.25, -0.2) is 0 Å². The van der Waals surface area contributed by atoms with E-state index in [1.54, 1.807) is 12.4 Å². The second kappa shape index (κ2) is 7.37. The Morgan fingerprint density at radius 1 is 1.17 bits per heavy atom. The van der Waals surface area contributed by atoms with E-state index in [1.807, 2.05) is 24.5 Å². The maximum Gasteiger partial charge on any atom is 0.270 e. The van der Waals surface area contributed by atoms with E-state index in [0.717, 1.165) is 41.0 Å². The molecule has 3 aromatic rings. The van der Waals surface area contributed by atoms with Crippen molar-refractivity contribution in [2.75, 3.05) is 5.32 Å². The summed E-state index contributed by atoms with van der Waals surface area (Å²) in [6, 6.07) is 8.43. The van der Waals surface area contributed by atoms with Gasteiger partial charge in [0.2, 0.25) is 0 Å². The summed E-state index contributed by atoms with van der Waals surface area (Å²) >= 11 is 0. The van der Waals surface area contributed by atoms with Crippen LogP contribution in [0.15, 0.2) is 67.8 Å². The van der Waals surface area contributed by atoms with E-state index in [0.29, 0.717) is 12.5 Å². The van der Waals surface area contributed by atoms with Gasteiger partial charge >= 0.3 is 0 Å². The molecule has 3 aromatic heterocycles. The number of allylic oxidation sites excluding steroid dienone is 2. The molecule has 2 aliphatic carbocycles. The molecule has 0 atom stereocenters. The predicted molar refractivity (Wildman–Crippen MR) is 116 cm³/mol. The Hall–Kier alpha value is -3.54. The van der Waals surface area contributed by atoms with Crippen LogP contribution in [0.1, 0.15) is 46.4 Å². The molecule has 6 heteroatoms. The minimum atomic E-state index is -0.484. The van der Waals surface area contributed by atoms with Gasteiger partial charge in [0.05, 0.1) is 5.69 Å². The molecule has 3 heterocycles. The molecular weight excluding hydrogens is 374 g/mol. The molecular formula is C24H23N5O. The number of aromatic nitrogens is 4. The molecule has 2 aliphatic rings. The highest BCUT2D eigenvalue weighted by atomic mass is 16.2. The number of carbonyl (C=O) groups is 1. The first-order valence-electron chi connectivity index (χ1n) is 10.3. The van der Waals surface area contributed by atoms with Crippen molar-refractivity contribution in [3.05, 3.63) is 90.2 Å². The smallest absolute Gasteiger partial charge is 0.270 e. The number of fused-ring (bicyclic) bond motifs is 1.